The Hall–Kier alpha value is -1.78. The van der Waals surface area contributed by atoms with E-state index in [9.17, 15) is 22.8 Å². The number of carboxylic acids is 2. The summed E-state index contributed by atoms with van der Waals surface area (Å²) in [5.41, 5.74) is -0.475. The Morgan fingerprint density at radius 2 is 1.87 bits per heavy atom. The molecule has 0 radical (unpaired) electrons. The summed E-state index contributed by atoms with van der Waals surface area (Å²) in [6, 6.07) is 4.54. The highest BCUT2D eigenvalue weighted by Crippen LogP contribution is 2.37. The van der Waals surface area contributed by atoms with Crippen molar-refractivity contribution in [1.82, 2.24) is 0 Å². The van der Waals surface area contributed by atoms with Crippen LogP contribution in [0.25, 0.3) is 6.08 Å². The van der Waals surface area contributed by atoms with Gasteiger partial charge in [-0.05, 0) is 46.9 Å². The smallest absolute Gasteiger partial charge is 0.430 e. The Labute approximate surface area is 142 Å². The number of carboxylic acid groups (broad SMARTS) is 2. The molecular formula is C14H12F3IO5. The van der Waals surface area contributed by atoms with Gasteiger partial charge in [0.05, 0.1) is 5.57 Å². The quantitative estimate of drug-likeness (QED) is 0.682. The lowest BCUT2D eigenvalue weighted by molar-refractivity contribution is -0.187. The van der Waals surface area contributed by atoms with Crippen molar-refractivity contribution >= 4 is 40.6 Å². The number of aliphatic carboxylic acids is 2. The number of ether oxygens (including phenoxy) is 1. The third-order valence-corrected chi connectivity index (χ3v) is 3.33. The fraction of sp³-hybridized carbons (Fsp3) is 0.286. The van der Waals surface area contributed by atoms with Gasteiger partial charge in [0.25, 0.3) is 0 Å². The van der Waals surface area contributed by atoms with Crippen molar-refractivity contribution < 1.29 is 37.7 Å². The van der Waals surface area contributed by atoms with E-state index >= 15 is 0 Å². The van der Waals surface area contributed by atoms with Gasteiger partial charge in [0.2, 0.25) is 6.10 Å². The molecule has 0 saturated heterocycles. The molecule has 1 aromatic carbocycles. The Bertz CT molecular complexity index is 640. The fourth-order valence-electron chi connectivity index (χ4n) is 1.59. The average molecular weight is 444 g/mol. The lowest BCUT2D eigenvalue weighted by atomic mass is 10.0. The number of benzene rings is 1. The Morgan fingerprint density at radius 1 is 1.30 bits per heavy atom. The summed E-state index contributed by atoms with van der Waals surface area (Å²) < 4.78 is 43.6. The number of hydrogen-bond acceptors (Lipinski definition) is 3. The molecule has 0 fully saturated rings. The Morgan fingerprint density at radius 3 is 2.30 bits per heavy atom. The first-order chi connectivity index (χ1) is 10.6. The second kappa shape index (κ2) is 7.66. The number of halogens is 4. The predicted molar refractivity (Wildman–Crippen MR) is 83.2 cm³/mol. The second-order valence-corrected chi connectivity index (χ2v) is 5.62. The lowest BCUT2D eigenvalue weighted by Gasteiger charge is -2.27. The molecule has 0 aromatic heterocycles. The SMILES string of the molecule is CCC(=O)O.O=C(O)C1=Cc2cc(I)ccc2OC1C(F)(F)F. The van der Waals surface area contributed by atoms with E-state index in [1.807, 2.05) is 22.6 Å². The molecule has 1 atom stereocenters. The molecule has 0 spiro atoms. The highest BCUT2D eigenvalue weighted by molar-refractivity contribution is 14.1. The highest BCUT2D eigenvalue weighted by atomic mass is 127. The van der Waals surface area contributed by atoms with Gasteiger partial charge < -0.3 is 14.9 Å². The molecule has 1 aliphatic rings. The molecule has 126 valence electrons. The fourth-order valence-corrected chi connectivity index (χ4v) is 2.11. The zero-order valence-electron chi connectivity index (χ0n) is 11.7. The average Bonchev–Trinajstić information content (AvgIpc) is 2.45. The normalized spacial score (nSPS) is 16.2. The molecule has 1 heterocycles. The maximum absolute atomic E-state index is 12.7. The molecule has 5 nitrogen and oxygen atoms in total. The minimum Gasteiger partial charge on any atom is -0.481 e. The van der Waals surface area contributed by atoms with E-state index in [2.05, 4.69) is 0 Å². The van der Waals surface area contributed by atoms with Crippen LogP contribution in [-0.2, 0) is 9.59 Å². The van der Waals surface area contributed by atoms with Crippen molar-refractivity contribution in [2.24, 2.45) is 0 Å². The molecule has 1 unspecified atom stereocenters. The van der Waals surface area contributed by atoms with Crippen LogP contribution >= 0.6 is 22.6 Å². The van der Waals surface area contributed by atoms with E-state index in [-0.39, 0.29) is 12.2 Å². The monoisotopic (exact) mass is 444 g/mol. The summed E-state index contributed by atoms with van der Waals surface area (Å²) in [6.07, 6.45) is -5.96. The molecule has 0 aliphatic carbocycles. The molecule has 2 N–H and O–H groups in total. The van der Waals surface area contributed by atoms with Crippen molar-refractivity contribution in [2.45, 2.75) is 25.6 Å². The van der Waals surface area contributed by atoms with Crippen LogP contribution in [0.5, 0.6) is 5.75 Å². The summed E-state index contributed by atoms with van der Waals surface area (Å²) in [6.45, 7) is 1.60. The van der Waals surface area contributed by atoms with Gasteiger partial charge in [0.1, 0.15) is 5.75 Å². The zero-order valence-corrected chi connectivity index (χ0v) is 13.9. The van der Waals surface area contributed by atoms with E-state index in [1.54, 1.807) is 19.1 Å². The zero-order chi connectivity index (χ0) is 17.8. The van der Waals surface area contributed by atoms with Crippen LogP contribution in [0.2, 0.25) is 0 Å². The second-order valence-electron chi connectivity index (χ2n) is 4.37. The van der Waals surface area contributed by atoms with Crippen molar-refractivity contribution in [3.05, 3.63) is 32.9 Å². The van der Waals surface area contributed by atoms with Crippen molar-refractivity contribution in [3.63, 3.8) is 0 Å². The molecule has 1 aromatic rings. The summed E-state index contributed by atoms with van der Waals surface area (Å²) >= 11 is 1.98. The van der Waals surface area contributed by atoms with E-state index < -0.39 is 29.8 Å². The van der Waals surface area contributed by atoms with Gasteiger partial charge in [-0.15, -0.1) is 0 Å². The lowest BCUT2D eigenvalue weighted by Crippen LogP contribution is -2.40. The van der Waals surface area contributed by atoms with Crippen molar-refractivity contribution in [2.75, 3.05) is 0 Å². The number of alkyl halides is 3. The maximum Gasteiger partial charge on any atom is 0.430 e. The summed E-state index contributed by atoms with van der Waals surface area (Å²) in [7, 11) is 0. The molecular weight excluding hydrogens is 432 g/mol. The minimum absolute atomic E-state index is 0.0303. The first-order valence-corrected chi connectivity index (χ1v) is 7.33. The molecule has 9 heteroatoms. The molecule has 1 aliphatic heterocycles. The molecule has 0 saturated carbocycles. The van der Waals surface area contributed by atoms with Gasteiger partial charge in [-0.25, -0.2) is 4.79 Å². The largest absolute Gasteiger partial charge is 0.481 e. The topological polar surface area (TPSA) is 83.8 Å². The number of hydrogen-bond donors (Lipinski definition) is 2. The predicted octanol–water partition coefficient (Wildman–Crippen LogP) is 3.56. The summed E-state index contributed by atoms with van der Waals surface area (Å²) in [4.78, 5) is 20.2. The van der Waals surface area contributed by atoms with E-state index in [1.165, 1.54) is 6.07 Å². The summed E-state index contributed by atoms with van der Waals surface area (Å²) in [5, 5.41) is 16.5. The number of carbonyl (C=O) groups is 2. The molecule has 23 heavy (non-hydrogen) atoms. The van der Waals surface area contributed by atoms with Gasteiger partial charge in [0, 0.05) is 15.6 Å². The van der Waals surface area contributed by atoms with Crippen LogP contribution in [0.4, 0.5) is 13.2 Å². The molecule has 0 amide bonds. The summed E-state index contributed by atoms with van der Waals surface area (Å²) in [5.74, 6) is -2.35. The molecule has 2 rings (SSSR count). The van der Waals surface area contributed by atoms with Crippen LogP contribution in [0, 0.1) is 3.57 Å². The van der Waals surface area contributed by atoms with Gasteiger partial charge >= 0.3 is 18.1 Å². The third kappa shape index (κ3) is 5.41. The number of rotatable bonds is 2. The Balaban J connectivity index is 0.000000463. The van der Waals surface area contributed by atoms with Crippen molar-refractivity contribution in [1.29, 1.82) is 0 Å². The van der Waals surface area contributed by atoms with Gasteiger partial charge in [0.15, 0.2) is 0 Å². The van der Waals surface area contributed by atoms with Gasteiger partial charge in [-0.3, -0.25) is 4.79 Å². The first-order valence-electron chi connectivity index (χ1n) is 6.25. The van der Waals surface area contributed by atoms with E-state index in [4.69, 9.17) is 14.9 Å². The van der Waals surface area contributed by atoms with Crippen LogP contribution < -0.4 is 4.74 Å². The van der Waals surface area contributed by atoms with Gasteiger partial charge in [-0.2, -0.15) is 13.2 Å². The number of fused-ring (bicyclic) bond motifs is 1. The van der Waals surface area contributed by atoms with Crippen LogP contribution in [0.3, 0.4) is 0 Å². The van der Waals surface area contributed by atoms with Crippen LogP contribution in [0.15, 0.2) is 23.8 Å². The van der Waals surface area contributed by atoms with Crippen molar-refractivity contribution in [3.8, 4) is 5.75 Å². The van der Waals surface area contributed by atoms with Crippen LogP contribution in [0.1, 0.15) is 18.9 Å². The van der Waals surface area contributed by atoms with E-state index in [0.717, 1.165) is 9.65 Å². The first kappa shape index (κ1) is 19.3. The Kier molecular flexibility index (Phi) is 6.42. The van der Waals surface area contributed by atoms with Crippen LogP contribution in [-0.4, -0.2) is 34.4 Å². The van der Waals surface area contributed by atoms with Gasteiger partial charge in [-0.1, -0.05) is 6.92 Å². The standard InChI is InChI=1S/C11H6F3IO3.C3H6O2/c12-11(13,14)9-7(10(16)17)4-5-3-6(15)1-2-8(5)18-9;1-2-3(4)5/h1-4,9H,(H,16,17);2H2,1H3,(H,4,5). The highest BCUT2D eigenvalue weighted by Gasteiger charge is 2.48. The molecule has 0 bridgehead atoms. The van der Waals surface area contributed by atoms with E-state index in [0.29, 0.717) is 5.56 Å². The third-order valence-electron chi connectivity index (χ3n) is 2.66. The maximum atomic E-state index is 12.7. The minimum atomic E-state index is -4.76.